The van der Waals surface area contributed by atoms with Gasteiger partial charge in [-0.2, -0.15) is 4.52 Å². The largest absolute Gasteiger partial charge is 0.273 e. The zero-order valence-corrected chi connectivity index (χ0v) is 14.7. The number of pyridine rings is 1. The van der Waals surface area contributed by atoms with E-state index in [4.69, 9.17) is 0 Å². The van der Waals surface area contributed by atoms with Crippen LogP contribution in [-0.4, -0.2) is 19.2 Å². The summed E-state index contributed by atoms with van der Waals surface area (Å²) in [7, 11) is 0. The second-order valence-corrected chi connectivity index (χ2v) is 6.36. The molecule has 0 saturated heterocycles. The summed E-state index contributed by atoms with van der Waals surface area (Å²) < 4.78 is 4.32. The van der Waals surface area contributed by atoms with Crippen molar-refractivity contribution in [2.45, 2.75) is 0 Å². The maximum atomic E-state index is 12.6. The number of rotatable bonds is 3. The van der Waals surface area contributed by atoms with Gasteiger partial charge in [-0.05, 0) is 42.0 Å². The summed E-state index contributed by atoms with van der Waals surface area (Å²) in [5.41, 5.74) is 2.92. The molecule has 0 atom stereocenters. The summed E-state index contributed by atoms with van der Waals surface area (Å²) in [5.74, 6) is 0. The molecule has 6 heteroatoms. The van der Waals surface area contributed by atoms with E-state index < -0.39 is 0 Å². The van der Waals surface area contributed by atoms with Crippen LogP contribution in [0.3, 0.4) is 0 Å². The van der Waals surface area contributed by atoms with E-state index in [1.54, 1.807) is 21.6 Å². The molecule has 5 nitrogen and oxygen atoms in total. The summed E-state index contributed by atoms with van der Waals surface area (Å²) in [6.45, 7) is 0. The molecule has 3 aromatic heterocycles. The molecule has 0 unspecified atom stereocenters. The first kappa shape index (κ1) is 15.5. The molecule has 0 aliphatic rings. The predicted molar refractivity (Wildman–Crippen MR) is 102 cm³/mol. The van der Waals surface area contributed by atoms with Crippen molar-refractivity contribution >= 4 is 33.7 Å². The van der Waals surface area contributed by atoms with Crippen LogP contribution in [0.25, 0.3) is 23.5 Å². The maximum Gasteiger partial charge on any atom is 0.273 e. The summed E-state index contributed by atoms with van der Waals surface area (Å²) in [5, 5.41) is 0. The van der Waals surface area contributed by atoms with Crippen molar-refractivity contribution in [3.8, 4) is 5.69 Å². The van der Waals surface area contributed by atoms with Crippen LogP contribution in [0.5, 0.6) is 0 Å². The van der Waals surface area contributed by atoms with Gasteiger partial charge in [0.2, 0.25) is 0 Å². The normalized spacial score (nSPS) is 11.4. The van der Waals surface area contributed by atoms with Gasteiger partial charge < -0.3 is 0 Å². The molecule has 0 saturated carbocycles. The summed E-state index contributed by atoms with van der Waals surface area (Å²) in [6.07, 6.45) is 9.01. The van der Waals surface area contributed by atoms with Crippen LogP contribution in [-0.2, 0) is 0 Å². The van der Waals surface area contributed by atoms with Crippen molar-refractivity contribution in [1.29, 1.82) is 0 Å². The van der Waals surface area contributed by atoms with Crippen molar-refractivity contribution in [2.75, 3.05) is 0 Å². The second-order valence-electron chi connectivity index (χ2n) is 5.45. The second kappa shape index (κ2) is 6.49. The number of hydrogen-bond acceptors (Lipinski definition) is 3. The van der Waals surface area contributed by atoms with Crippen LogP contribution in [0.4, 0.5) is 0 Å². The van der Waals surface area contributed by atoms with Gasteiger partial charge >= 0.3 is 0 Å². The summed E-state index contributed by atoms with van der Waals surface area (Å²) in [6, 6.07) is 14.9. The summed E-state index contributed by atoms with van der Waals surface area (Å²) >= 11 is 3.42. The Bertz CT molecular complexity index is 1110. The SMILES string of the molecule is O=c1cc(C=Cc2cccnc2)nc2ccn(-c3ccc(Br)cc3)n12. The number of fused-ring (bicyclic) bond motifs is 1. The van der Waals surface area contributed by atoms with E-state index in [0.717, 1.165) is 15.7 Å². The fourth-order valence-corrected chi connectivity index (χ4v) is 2.84. The van der Waals surface area contributed by atoms with Gasteiger partial charge in [0.25, 0.3) is 5.56 Å². The van der Waals surface area contributed by atoms with Crippen molar-refractivity contribution in [1.82, 2.24) is 19.2 Å². The van der Waals surface area contributed by atoms with Crippen LogP contribution < -0.4 is 5.56 Å². The van der Waals surface area contributed by atoms with Gasteiger partial charge in [-0.15, -0.1) is 0 Å². The molecule has 4 rings (SSSR count). The number of aromatic nitrogens is 4. The van der Waals surface area contributed by atoms with E-state index in [9.17, 15) is 4.79 Å². The van der Waals surface area contributed by atoms with Crippen LogP contribution in [0.15, 0.2) is 76.4 Å². The zero-order chi connectivity index (χ0) is 17.2. The van der Waals surface area contributed by atoms with Crippen LogP contribution in [0.2, 0.25) is 0 Å². The van der Waals surface area contributed by atoms with Crippen LogP contribution in [0, 0.1) is 0 Å². The molecule has 0 aliphatic heterocycles. The fourth-order valence-electron chi connectivity index (χ4n) is 2.58. The Kier molecular flexibility index (Phi) is 4.03. The van der Waals surface area contributed by atoms with Gasteiger partial charge in [0.1, 0.15) is 0 Å². The van der Waals surface area contributed by atoms with Gasteiger partial charge in [-0.1, -0.05) is 28.1 Å². The highest BCUT2D eigenvalue weighted by molar-refractivity contribution is 9.10. The lowest BCUT2D eigenvalue weighted by Crippen LogP contribution is -2.19. The minimum absolute atomic E-state index is 0.135. The predicted octanol–water partition coefficient (Wildman–Crippen LogP) is 3.81. The molecule has 3 heterocycles. The van der Waals surface area contributed by atoms with Crippen LogP contribution >= 0.6 is 15.9 Å². The van der Waals surface area contributed by atoms with E-state index >= 15 is 0 Å². The van der Waals surface area contributed by atoms with E-state index in [-0.39, 0.29) is 5.56 Å². The highest BCUT2D eigenvalue weighted by atomic mass is 79.9. The third kappa shape index (κ3) is 3.16. The molecule has 0 spiro atoms. The Labute approximate surface area is 152 Å². The smallest absolute Gasteiger partial charge is 0.267 e. The van der Waals surface area contributed by atoms with E-state index in [1.807, 2.05) is 60.8 Å². The first-order valence-electron chi connectivity index (χ1n) is 7.66. The zero-order valence-electron chi connectivity index (χ0n) is 13.1. The molecule has 0 fully saturated rings. The van der Waals surface area contributed by atoms with Crippen molar-refractivity contribution in [3.05, 3.63) is 93.2 Å². The molecule has 0 radical (unpaired) electrons. The number of halogens is 1. The van der Waals surface area contributed by atoms with Gasteiger partial charge in [-0.25, -0.2) is 4.98 Å². The van der Waals surface area contributed by atoms with Gasteiger partial charge in [0.05, 0.1) is 11.4 Å². The first-order chi connectivity index (χ1) is 12.2. The fraction of sp³-hybridized carbons (Fsp3) is 0. The standard InChI is InChI=1S/C19H13BrN4O/c20-15-4-7-17(8-5-15)23-11-9-18-22-16(12-19(25)24(18)23)6-3-14-2-1-10-21-13-14/h1-13H. The monoisotopic (exact) mass is 392 g/mol. The van der Waals surface area contributed by atoms with E-state index in [1.165, 1.54) is 6.07 Å². The Balaban J connectivity index is 1.76. The molecule has 122 valence electrons. The molecular weight excluding hydrogens is 380 g/mol. The van der Waals surface area contributed by atoms with Gasteiger partial charge in [0, 0.05) is 35.2 Å². The van der Waals surface area contributed by atoms with Gasteiger partial charge in [0.15, 0.2) is 5.65 Å². The van der Waals surface area contributed by atoms with Crippen molar-refractivity contribution in [3.63, 3.8) is 0 Å². The maximum absolute atomic E-state index is 12.6. The molecule has 0 aliphatic carbocycles. The van der Waals surface area contributed by atoms with Crippen molar-refractivity contribution in [2.24, 2.45) is 0 Å². The molecule has 1 aromatic carbocycles. The third-order valence-electron chi connectivity index (χ3n) is 3.74. The highest BCUT2D eigenvalue weighted by Crippen LogP contribution is 2.15. The molecule has 0 N–H and O–H groups in total. The average molecular weight is 393 g/mol. The van der Waals surface area contributed by atoms with E-state index in [0.29, 0.717) is 11.3 Å². The number of nitrogens with zero attached hydrogens (tertiary/aromatic N) is 4. The third-order valence-corrected chi connectivity index (χ3v) is 4.27. The Morgan fingerprint density at radius 2 is 1.88 bits per heavy atom. The quantitative estimate of drug-likeness (QED) is 0.532. The molecule has 4 aromatic rings. The molecule has 0 bridgehead atoms. The molecule has 25 heavy (non-hydrogen) atoms. The van der Waals surface area contributed by atoms with Crippen LogP contribution in [0.1, 0.15) is 11.3 Å². The number of hydrogen-bond donors (Lipinski definition) is 0. The Hall–Kier alpha value is -2.99. The first-order valence-corrected chi connectivity index (χ1v) is 8.45. The molecule has 0 amide bonds. The average Bonchev–Trinajstić information content (AvgIpc) is 3.06. The van der Waals surface area contributed by atoms with E-state index in [2.05, 4.69) is 25.9 Å². The number of benzene rings is 1. The topological polar surface area (TPSA) is 52.2 Å². The minimum atomic E-state index is -0.135. The lowest BCUT2D eigenvalue weighted by atomic mass is 10.2. The lowest BCUT2D eigenvalue weighted by molar-refractivity contribution is 0.763. The Morgan fingerprint density at radius 1 is 1.04 bits per heavy atom. The Morgan fingerprint density at radius 3 is 2.64 bits per heavy atom. The summed E-state index contributed by atoms with van der Waals surface area (Å²) in [4.78, 5) is 21.2. The van der Waals surface area contributed by atoms with Gasteiger partial charge in [-0.3, -0.25) is 14.5 Å². The minimum Gasteiger partial charge on any atom is -0.267 e. The van der Waals surface area contributed by atoms with Crippen molar-refractivity contribution < 1.29 is 0 Å². The molecular formula is C19H13BrN4O. The lowest BCUT2D eigenvalue weighted by Gasteiger charge is -2.06. The highest BCUT2D eigenvalue weighted by Gasteiger charge is 2.07.